The van der Waals surface area contributed by atoms with Gasteiger partial charge in [-0.15, -0.1) is 5.10 Å². The molecule has 106 valence electrons. The van der Waals surface area contributed by atoms with Crippen LogP contribution in [0.5, 0.6) is 5.75 Å². The minimum absolute atomic E-state index is 0.232. The highest BCUT2D eigenvalue weighted by atomic mass is 16.5. The summed E-state index contributed by atoms with van der Waals surface area (Å²) in [5.41, 5.74) is 1.60. The van der Waals surface area contributed by atoms with Crippen LogP contribution in [0.2, 0.25) is 0 Å². The van der Waals surface area contributed by atoms with Crippen LogP contribution in [0.1, 0.15) is 15.9 Å². The molecule has 3 rings (SSSR count). The van der Waals surface area contributed by atoms with Gasteiger partial charge in [0.05, 0.1) is 13.7 Å². The highest BCUT2D eigenvalue weighted by Crippen LogP contribution is 2.19. The van der Waals surface area contributed by atoms with Crippen LogP contribution < -0.4 is 10.4 Å². The summed E-state index contributed by atoms with van der Waals surface area (Å²) >= 11 is 0. The second-order valence-corrected chi connectivity index (χ2v) is 4.56. The molecule has 0 unspecified atom stereocenters. The molecule has 0 atom stereocenters. The molecular formula is C15H13N3O3. The van der Waals surface area contributed by atoms with Crippen LogP contribution in [-0.2, 0) is 6.54 Å². The fourth-order valence-electron chi connectivity index (χ4n) is 2.23. The average Bonchev–Trinajstić information content (AvgIpc) is 2.84. The number of rotatable bonds is 4. The quantitative estimate of drug-likeness (QED) is 0.678. The molecule has 2 heterocycles. The molecule has 0 aliphatic carbocycles. The summed E-state index contributed by atoms with van der Waals surface area (Å²) in [6, 6.07) is 10.4. The number of ether oxygens (including phenoxy) is 1. The Morgan fingerprint density at radius 2 is 2.14 bits per heavy atom. The van der Waals surface area contributed by atoms with Crippen molar-refractivity contribution in [2.45, 2.75) is 6.54 Å². The largest absolute Gasteiger partial charge is 0.496 e. The van der Waals surface area contributed by atoms with Crippen LogP contribution in [0, 0.1) is 0 Å². The summed E-state index contributed by atoms with van der Waals surface area (Å²) in [5, 5.41) is 4.26. The second kappa shape index (κ2) is 5.24. The molecule has 0 radical (unpaired) electrons. The van der Waals surface area contributed by atoms with Crippen LogP contribution in [0.4, 0.5) is 0 Å². The van der Waals surface area contributed by atoms with Crippen molar-refractivity contribution in [2.24, 2.45) is 0 Å². The lowest BCUT2D eigenvalue weighted by molar-refractivity contribution is 0.112. The molecule has 1 aromatic carbocycles. The molecule has 0 aliphatic rings. The lowest BCUT2D eigenvalue weighted by Crippen LogP contribution is -2.21. The predicted molar refractivity (Wildman–Crippen MR) is 76.9 cm³/mol. The number of nitrogens with zero attached hydrogens (tertiary/aromatic N) is 3. The van der Waals surface area contributed by atoms with E-state index < -0.39 is 0 Å². The highest BCUT2D eigenvalue weighted by Gasteiger charge is 2.10. The summed E-state index contributed by atoms with van der Waals surface area (Å²) in [4.78, 5) is 23.1. The molecule has 0 spiro atoms. The van der Waals surface area contributed by atoms with E-state index in [0.29, 0.717) is 17.0 Å². The van der Waals surface area contributed by atoms with Gasteiger partial charge in [-0.25, -0.2) is 9.48 Å². The van der Waals surface area contributed by atoms with Crippen molar-refractivity contribution in [3.05, 3.63) is 64.2 Å². The number of pyridine rings is 1. The van der Waals surface area contributed by atoms with Crippen molar-refractivity contribution < 1.29 is 9.53 Å². The summed E-state index contributed by atoms with van der Waals surface area (Å²) < 4.78 is 8.08. The Labute approximate surface area is 120 Å². The Balaban J connectivity index is 2.08. The van der Waals surface area contributed by atoms with Gasteiger partial charge in [-0.1, -0.05) is 6.07 Å². The number of carbonyl (C=O) groups excluding carboxylic acids is 1. The Bertz CT molecular complexity index is 864. The number of benzene rings is 1. The number of methoxy groups -OCH3 is 1. The van der Waals surface area contributed by atoms with E-state index in [0.717, 1.165) is 11.8 Å². The standard InChI is InChI=1S/C15H13N3O3/c1-21-13-6-5-11(10-19)8-12(13)9-18-15(20)17-7-3-2-4-14(17)16-18/h2-8,10H,9H2,1H3. The summed E-state index contributed by atoms with van der Waals surface area (Å²) in [6.45, 7) is 0.241. The van der Waals surface area contributed by atoms with Crippen LogP contribution in [-0.4, -0.2) is 27.6 Å². The van der Waals surface area contributed by atoms with E-state index in [2.05, 4.69) is 5.10 Å². The molecule has 0 bridgehead atoms. The zero-order valence-electron chi connectivity index (χ0n) is 11.4. The molecule has 6 nitrogen and oxygen atoms in total. The maximum atomic E-state index is 12.2. The molecule has 0 saturated carbocycles. The number of aldehydes is 1. The molecule has 0 N–H and O–H groups in total. The van der Waals surface area contributed by atoms with Gasteiger partial charge < -0.3 is 4.74 Å². The van der Waals surface area contributed by atoms with E-state index in [4.69, 9.17) is 4.74 Å². The molecule has 3 aromatic rings. The highest BCUT2D eigenvalue weighted by molar-refractivity contribution is 5.75. The third kappa shape index (κ3) is 2.31. The van der Waals surface area contributed by atoms with Gasteiger partial charge in [0.2, 0.25) is 0 Å². The predicted octanol–water partition coefficient (Wildman–Crippen LogP) is 1.37. The zero-order chi connectivity index (χ0) is 14.8. The first-order valence-corrected chi connectivity index (χ1v) is 6.39. The third-order valence-corrected chi connectivity index (χ3v) is 3.25. The van der Waals surface area contributed by atoms with Gasteiger partial charge in [-0.05, 0) is 30.3 Å². The molecule has 0 aliphatic heterocycles. The van der Waals surface area contributed by atoms with E-state index >= 15 is 0 Å². The number of carbonyl (C=O) groups is 1. The van der Waals surface area contributed by atoms with E-state index in [1.54, 1.807) is 43.6 Å². The molecule has 2 aromatic heterocycles. The summed E-state index contributed by atoms with van der Waals surface area (Å²) in [6.07, 6.45) is 2.43. The third-order valence-electron chi connectivity index (χ3n) is 3.25. The maximum absolute atomic E-state index is 12.2. The van der Waals surface area contributed by atoms with Crippen LogP contribution in [0.25, 0.3) is 5.65 Å². The Morgan fingerprint density at radius 1 is 1.29 bits per heavy atom. The summed E-state index contributed by atoms with van der Waals surface area (Å²) in [5.74, 6) is 0.615. The van der Waals surface area contributed by atoms with Crippen molar-refractivity contribution in [3.8, 4) is 5.75 Å². The molecule has 0 amide bonds. The second-order valence-electron chi connectivity index (χ2n) is 4.56. The Kier molecular flexibility index (Phi) is 3.27. The molecule has 6 heteroatoms. The van der Waals surface area contributed by atoms with Gasteiger partial charge in [0, 0.05) is 17.3 Å². The number of hydrogen-bond donors (Lipinski definition) is 0. The van der Waals surface area contributed by atoms with E-state index in [1.165, 1.54) is 9.08 Å². The minimum atomic E-state index is -0.232. The number of hydrogen-bond acceptors (Lipinski definition) is 4. The van der Waals surface area contributed by atoms with Gasteiger partial charge >= 0.3 is 5.69 Å². The smallest absolute Gasteiger partial charge is 0.350 e. The molecule has 0 fully saturated rings. The first kappa shape index (κ1) is 13.1. The summed E-state index contributed by atoms with van der Waals surface area (Å²) in [7, 11) is 1.55. The van der Waals surface area contributed by atoms with Gasteiger partial charge in [0.25, 0.3) is 0 Å². The van der Waals surface area contributed by atoms with Gasteiger partial charge in [-0.3, -0.25) is 9.20 Å². The van der Waals surface area contributed by atoms with Crippen molar-refractivity contribution >= 4 is 11.9 Å². The zero-order valence-corrected chi connectivity index (χ0v) is 11.4. The van der Waals surface area contributed by atoms with Crippen LogP contribution in [0.15, 0.2) is 47.4 Å². The number of fused-ring (bicyclic) bond motifs is 1. The van der Waals surface area contributed by atoms with Crippen molar-refractivity contribution in [1.82, 2.24) is 14.2 Å². The lowest BCUT2D eigenvalue weighted by atomic mass is 10.1. The van der Waals surface area contributed by atoms with Crippen molar-refractivity contribution in [3.63, 3.8) is 0 Å². The molecular weight excluding hydrogens is 270 g/mol. The van der Waals surface area contributed by atoms with Crippen molar-refractivity contribution in [2.75, 3.05) is 7.11 Å². The Morgan fingerprint density at radius 3 is 2.86 bits per heavy atom. The van der Waals surface area contributed by atoms with Crippen LogP contribution >= 0.6 is 0 Å². The molecule has 21 heavy (non-hydrogen) atoms. The van der Waals surface area contributed by atoms with E-state index in [-0.39, 0.29) is 12.2 Å². The maximum Gasteiger partial charge on any atom is 0.350 e. The van der Waals surface area contributed by atoms with Gasteiger partial charge in [0.15, 0.2) is 5.65 Å². The van der Waals surface area contributed by atoms with Crippen LogP contribution in [0.3, 0.4) is 0 Å². The first-order valence-electron chi connectivity index (χ1n) is 6.39. The van der Waals surface area contributed by atoms with Crippen molar-refractivity contribution in [1.29, 1.82) is 0 Å². The average molecular weight is 283 g/mol. The van der Waals surface area contributed by atoms with Gasteiger partial charge in [0.1, 0.15) is 12.0 Å². The number of aromatic nitrogens is 3. The lowest BCUT2D eigenvalue weighted by Gasteiger charge is -2.08. The molecule has 0 saturated heterocycles. The monoisotopic (exact) mass is 283 g/mol. The normalized spacial score (nSPS) is 10.7. The van der Waals surface area contributed by atoms with Gasteiger partial charge in [-0.2, -0.15) is 0 Å². The fraction of sp³-hybridized carbons (Fsp3) is 0.133. The fourth-order valence-corrected chi connectivity index (χ4v) is 2.23. The Hall–Kier alpha value is -2.89. The first-order chi connectivity index (χ1) is 10.2. The topological polar surface area (TPSA) is 65.6 Å². The minimum Gasteiger partial charge on any atom is -0.496 e. The SMILES string of the molecule is COc1ccc(C=O)cc1Cn1nc2ccccn2c1=O. The van der Waals surface area contributed by atoms with E-state index in [1.807, 2.05) is 6.07 Å². The van der Waals surface area contributed by atoms with E-state index in [9.17, 15) is 9.59 Å².